The molecular formula is C22H33N3. The number of para-hydroxylation sites is 1. The summed E-state index contributed by atoms with van der Waals surface area (Å²) in [5, 5.41) is 8.64. The topological polar surface area (TPSA) is 29.0 Å². The number of rotatable bonds is 6. The van der Waals surface area contributed by atoms with E-state index in [4.69, 9.17) is 0 Å². The molecule has 2 fully saturated rings. The van der Waals surface area contributed by atoms with Crippen molar-refractivity contribution in [2.24, 2.45) is 11.8 Å². The highest BCUT2D eigenvalue weighted by molar-refractivity contribution is 5.83. The molecule has 2 N–H and O–H groups in total. The Balaban J connectivity index is 1.43. The zero-order valence-electron chi connectivity index (χ0n) is 15.5. The number of fused-ring (bicyclic) bond motifs is 1. The van der Waals surface area contributed by atoms with E-state index in [-0.39, 0.29) is 0 Å². The quantitative estimate of drug-likeness (QED) is 0.821. The average molecular weight is 340 g/mol. The van der Waals surface area contributed by atoms with Gasteiger partial charge in [0.15, 0.2) is 0 Å². The molecule has 1 aromatic heterocycles. The molecule has 1 aromatic carbocycles. The van der Waals surface area contributed by atoms with Gasteiger partial charge in [-0.2, -0.15) is 0 Å². The van der Waals surface area contributed by atoms with Gasteiger partial charge in [-0.15, -0.1) is 0 Å². The SMILES string of the molecule is c1ccc2c(c1)c(CNCC1CCNCC1)cn2CC1CCCCC1. The summed E-state index contributed by atoms with van der Waals surface area (Å²) < 4.78 is 2.53. The minimum atomic E-state index is 0.844. The fourth-order valence-electron chi connectivity index (χ4n) is 4.76. The van der Waals surface area contributed by atoms with Gasteiger partial charge in [0.05, 0.1) is 0 Å². The normalized spacial score (nSPS) is 20.3. The molecule has 0 atom stereocenters. The Kier molecular flexibility index (Phi) is 5.73. The van der Waals surface area contributed by atoms with Crippen molar-refractivity contribution in [1.82, 2.24) is 15.2 Å². The Bertz CT molecular complexity index is 663. The number of hydrogen-bond acceptors (Lipinski definition) is 2. The maximum atomic E-state index is 3.74. The summed E-state index contributed by atoms with van der Waals surface area (Å²) in [6.45, 7) is 5.74. The van der Waals surface area contributed by atoms with Gasteiger partial charge in [-0.3, -0.25) is 0 Å². The third-order valence-corrected chi connectivity index (χ3v) is 6.26. The number of hydrogen-bond donors (Lipinski definition) is 2. The largest absolute Gasteiger partial charge is 0.347 e. The average Bonchev–Trinajstić information content (AvgIpc) is 3.01. The van der Waals surface area contributed by atoms with Crippen LogP contribution < -0.4 is 10.6 Å². The van der Waals surface area contributed by atoms with Crippen LogP contribution in [0.3, 0.4) is 0 Å². The lowest BCUT2D eigenvalue weighted by Gasteiger charge is -2.23. The zero-order valence-corrected chi connectivity index (χ0v) is 15.5. The standard InChI is InChI=1S/C22H33N3/c1-2-6-19(7-3-1)16-25-17-20(21-8-4-5-9-22(21)25)15-24-14-18-10-12-23-13-11-18/h4-5,8-9,17-19,23-24H,1-3,6-7,10-16H2. The van der Waals surface area contributed by atoms with Gasteiger partial charge in [-0.25, -0.2) is 0 Å². The second-order valence-corrected chi connectivity index (χ2v) is 8.15. The maximum Gasteiger partial charge on any atom is 0.0483 e. The second-order valence-electron chi connectivity index (χ2n) is 8.15. The number of benzene rings is 1. The van der Waals surface area contributed by atoms with Gasteiger partial charge in [0, 0.05) is 30.2 Å². The van der Waals surface area contributed by atoms with Crippen LogP contribution in [0.2, 0.25) is 0 Å². The molecule has 0 spiro atoms. The summed E-state index contributed by atoms with van der Waals surface area (Å²) in [5.41, 5.74) is 2.90. The van der Waals surface area contributed by atoms with Gasteiger partial charge in [-0.1, -0.05) is 37.5 Å². The monoisotopic (exact) mass is 339 g/mol. The van der Waals surface area contributed by atoms with Crippen molar-refractivity contribution in [2.75, 3.05) is 19.6 Å². The van der Waals surface area contributed by atoms with Gasteiger partial charge in [-0.05, 0) is 68.8 Å². The first kappa shape index (κ1) is 17.1. The van der Waals surface area contributed by atoms with E-state index in [1.807, 2.05) is 0 Å². The molecule has 0 amide bonds. The van der Waals surface area contributed by atoms with E-state index >= 15 is 0 Å². The van der Waals surface area contributed by atoms with Crippen molar-refractivity contribution in [3.05, 3.63) is 36.0 Å². The third-order valence-electron chi connectivity index (χ3n) is 6.26. The molecular weight excluding hydrogens is 306 g/mol. The molecule has 25 heavy (non-hydrogen) atoms. The first-order valence-corrected chi connectivity index (χ1v) is 10.4. The van der Waals surface area contributed by atoms with Crippen LogP contribution >= 0.6 is 0 Å². The Morgan fingerprint density at radius 3 is 2.60 bits per heavy atom. The van der Waals surface area contributed by atoms with E-state index < -0.39 is 0 Å². The van der Waals surface area contributed by atoms with Crippen molar-refractivity contribution >= 4 is 10.9 Å². The molecule has 2 aliphatic rings. The third kappa shape index (κ3) is 4.27. The second kappa shape index (κ2) is 8.37. The summed E-state index contributed by atoms with van der Waals surface area (Å²) in [4.78, 5) is 0. The molecule has 0 radical (unpaired) electrons. The van der Waals surface area contributed by atoms with Crippen LogP contribution in [-0.4, -0.2) is 24.2 Å². The number of nitrogens with zero attached hydrogens (tertiary/aromatic N) is 1. The van der Waals surface area contributed by atoms with Gasteiger partial charge in [0.25, 0.3) is 0 Å². The fraction of sp³-hybridized carbons (Fsp3) is 0.636. The summed E-state index contributed by atoms with van der Waals surface area (Å²) in [6, 6.07) is 8.97. The Labute approximate surface area is 152 Å². The predicted octanol–water partition coefficient (Wildman–Crippen LogP) is 4.31. The summed E-state index contributed by atoms with van der Waals surface area (Å²) in [5.74, 6) is 1.72. The molecule has 4 rings (SSSR count). The van der Waals surface area contributed by atoms with Crippen LogP contribution in [0.1, 0.15) is 50.5 Å². The molecule has 2 aromatic rings. The van der Waals surface area contributed by atoms with Gasteiger partial charge >= 0.3 is 0 Å². The van der Waals surface area contributed by atoms with E-state index in [1.54, 1.807) is 0 Å². The first-order chi connectivity index (χ1) is 12.4. The van der Waals surface area contributed by atoms with Crippen molar-refractivity contribution in [3.8, 4) is 0 Å². The van der Waals surface area contributed by atoms with Crippen LogP contribution in [0, 0.1) is 11.8 Å². The molecule has 1 saturated carbocycles. The van der Waals surface area contributed by atoms with Crippen LogP contribution in [0.5, 0.6) is 0 Å². The number of nitrogens with one attached hydrogen (secondary N) is 2. The van der Waals surface area contributed by atoms with E-state index in [1.165, 1.54) is 81.0 Å². The molecule has 1 aliphatic carbocycles. The van der Waals surface area contributed by atoms with Crippen molar-refractivity contribution in [3.63, 3.8) is 0 Å². The summed E-state index contributed by atoms with van der Waals surface area (Å²) >= 11 is 0. The van der Waals surface area contributed by atoms with E-state index in [0.29, 0.717) is 0 Å². The van der Waals surface area contributed by atoms with E-state index in [0.717, 1.165) is 24.9 Å². The Morgan fingerprint density at radius 1 is 0.960 bits per heavy atom. The number of piperidine rings is 1. The minimum Gasteiger partial charge on any atom is -0.347 e. The molecule has 0 unspecified atom stereocenters. The van der Waals surface area contributed by atoms with Crippen LogP contribution in [0.25, 0.3) is 10.9 Å². The molecule has 3 nitrogen and oxygen atoms in total. The molecule has 2 heterocycles. The summed E-state index contributed by atoms with van der Waals surface area (Å²) in [6.07, 6.45) is 12.2. The van der Waals surface area contributed by atoms with E-state index in [2.05, 4.69) is 45.7 Å². The lowest BCUT2D eigenvalue weighted by molar-refractivity contribution is 0.322. The number of aromatic nitrogens is 1. The highest BCUT2D eigenvalue weighted by Crippen LogP contribution is 2.28. The minimum absolute atomic E-state index is 0.844. The maximum absolute atomic E-state index is 3.74. The summed E-state index contributed by atoms with van der Waals surface area (Å²) in [7, 11) is 0. The van der Waals surface area contributed by atoms with Crippen molar-refractivity contribution in [1.29, 1.82) is 0 Å². The van der Waals surface area contributed by atoms with Crippen molar-refractivity contribution < 1.29 is 0 Å². The van der Waals surface area contributed by atoms with Crippen LogP contribution in [0.15, 0.2) is 30.5 Å². The molecule has 1 saturated heterocycles. The van der Waals surface area contributed by atoms with Gasteiger partial charge in [0.2, 0.25) is 0 Å². The highest BCUT2D eigenvalue weighted by atomic mass is 15.0. The van der Waals surface area contributed by atoms with Crippen LogP contribution in [-0.2, 0) is 13.1 Å². The van der Waals surface area contributed by atoms with E-state index in [9.17, 15) is 0 Å². The Morgan fingerprint density at radius 2 is 1.76 bits per heavy atom. The lowest BCUT2D eigenvalue weighted by atomic mass is 9.89. The molecule has 136 valence electrons. The molecule has 3 heteroatoms. The predicted molar refractivity (Wildman–Crippen MR) is 106 cm³/mol. The lowest BCUT2D eigenvalue weighted by Crippen LogP contribution is -2.33. The van der Waals surface area contributed by atoms with Gasteiger partial charge < -0.3 is 15.2 Å². The fourth-order valence-corrected chi connectivity index (χ4v) is 4.76. The first-order valence-electron chi connectivity index (χ1n) is 10.4. The highest BCUT2D eigenvalue weighted by Gasteiger charge is 2.17. The zero-order chi connectivity index (χ0) is 16.9. The van der Waals surface area contributed by atoms with Crippen LogP contribution in [0.4, 0.5) is 0 Å². The van der Waals surface area contributed by atoms with Crippen molar-refractivity contribution in [2.45, 2.75) is 58.0 Å². The Hall–Kier alpha value is -1.32. The molecule has 0 bridgehead atoms. The smallest absolute Gasteiger partial charge is 0.0483 e. The van der Waals surface area contributed by atoms with Gasteiger partial charge in [0.1, 0.15) is 0 Å². The molecule has 1 aliphatic heterocycles.